The maximum atomic E-state index is 14.4. The molecule has 9 aromatic rings. The minimum atomic E-state index is -5.16. The second kappa shape index (κ2) is 15.6. The zero-order valence-corrected chi connectivity index (χ0v) is 35.9. The molecule has 0 unspecified atom stereocenters. The third-order valence-corrected chi connectivity index (χ3v) is 12.9. The first-order valence-electron chi connectivity index (χ1n) is 21.2. The second-order valence-electron chi connectivity index (χ2n) is 17.6. The average Bonchev–Trinajstić information content (AvgIpc) is 3.74. The SMILES string of the molecule is CC1(C)c2cc(F)ccc2-c2ccc(-c3cccc(-c4ccccc4-n4c5ccc(-c6cc(C(F)(F)F)cc(C(F)(F)F)c6)cc5c5cc(-c6cc(C(F)(F)F)cc(C(F)(F)F)c6)ccc54)c3)cc21. The fourth-order valence-electron chi connectivity index (χ4n) is 9.55. The molecule has 14 heteroatoms. The number of hydrogen-bond acceptors (Lipinski definition) is 0. The van der Waals surface area contributed by atoms with Gasteiger partial charge in [-0.25, -0.2) is 4.39 Å². The van der Waals surface area contributed by atoms with Gasteiger partial charge in [-0.15, -0.1) is 0 Å². The van der Waals surface area contributed by atoms with Gasteiger partial charge in [-0.2, -0.15) is 52.7 Å². The third-order valence-electron chi connectivity index (χ3n) is 12.9. The molecule has 1 heterocycles. The highest BCUT2D eigenvalue weighted by molar-refractivity contribution is 6.12. The van der Waals surface area contributed by atoms with E-state index in [9.17, 15) is 57.1 Å². The van der Waals surface area contributed by atoms with Crippen LogP contribution in [0.2, 0.25) is 0 Å². The smallest absolute Gasteiger partial charge is 0.309 e. The van der Waals surface area contributed by atoms with Crippen LogP contribution in [0.25, 0.3) is 83.1 Å². The van der Waals surface area contributed by atoms with Crippen LogP contribution in [0.1, 0.15) is 47.2 Å². The molecule has 1 aliphatic carbocycles. The first-order chi connectivity index (χ1) is 32.4. The predicted octanol–water partition coefficient (Wildman–Crippen LogP) is 18.0. The van der Waals surface area contributed by atoms with E-state index in [0.717, 1.165) is 38.9 Å². The molecule has 1 aliphatic rings. The van der Waals surface area contributed by atoms with Crippen molar-refractivity contribution in [2.75, 3.05) is 0 Å². The van der Waals surface area contributed by atoms with Crippen LogP contribution in [0.15, 0.2) is 158 Å². The first kappa shape index (κ1) is 45.4. The van der Waals surface area contributed by atoms with Crippen molar-refractivity contribution in [2.24, 2.45) is 0 Å². The van der Waals surface area contributed by atoms with E-state index < -0.39 is 63.5 Å². The number of hydrogen-bond donors (Lipinski definition) is 0. The number of alkyl halides is 12. The number of rotatable bonds is 5. The normalized spacial score (nSPS) is 13.8. The summed E-state index contributed by atoms with van der Waals surface area (Å²) in [6.07, 6.45) is -20.6. The highest BCUT2D eigenvalue weighted by Gasteiger charge is 2.39. The lowest BCUT2D eigenvalue weighted by Gasteiger charge is -2.22. The standard InChI is InChI=1S/C55H32F13N/c1-51(2)46-25-32(10-14-42(46)43-15-13-40(56)28-47(43)51)29-6-5-7-33(18-29)41-8-3-4-9-48(41)69-49-16-11-30(34-19-36(52(57,58)59)26-37(20-34)53(60,61)62)23-44(49)45-24-31(12-17-50(45)69)35-21-38(54(63,64)65)27-39(22-35)55(66,67)68/h3-28H,1-2H3. The maximum absolute atomic E-state index is 14.4. The van der Waals surface area contributed by atoms with Crippen molar-refractivity contribution in [3.63, 3.8) is 0 Å². The Morgan fingerprint density at radius 2 is 0.768 bits per heavy atom. The molecule has 1 nitrogen and oxygen atoms in total. The van der Waals surface area contributed by atoms with Crippen LogP contribution in [0.3, 0.4) is 0 Å². The lowest BCUT2D eigenvalue weighted by molar-refractivity contribution is -0.144. The lowest BCUT2D eigenvalue weighted by Crippen LogP contribution is -2.15. The number of benzene rings is 8. The first-order valence-corrected chi connectivity index (χ1v) is 21.2. The Morgan fingerprint density at radius 3 is 1.28 bits per heavy atom. The Balaban J connectivity index is 1.17. The van der Waals surface area contributed by atoms with Crippen LogP contribution in [0, 0.1) is 5.82 Å². The van der Waals surface area contributed by atoms with Crippen molar-refractivity contribution >= 4 is 21.8 Å². The van der Waals surface area contributed by atoms with E-state index in [1.807, 2.05) is 56.3 Å². The summed E-state index contributed by atoms with van der Waals surface area (Å²) in [6, 6.07) is 36.3. The van der Waals surface area contributed by atoms with Gasteiger partial charge in [-0.3, -0.25) is 0 Å². The van der Waals surface area contributed by atoms with Crippen LogP contribution in [-0.4, -0.2) is 4.57 Å². The molecule has 10 rings (SSSR count). The summed E-state index contributed by atoms with van der Waals surface area (Å²) in [4.78, 5) is 0. The van der Waals surface area contributed by atoms with Crippen molar-refractivity contribution in [1.29, 1.82) is 0 Å². The van der Waals surface area contributed by atoms with E-state index in [1.165, 1.54) is 42.5 Å². The van der Waals surface area contributed by atoms with Crippen LogP contribution < -0.4 is 0 Å². The zero-order chi connectivity index (χ0) is 49.2. The fourth-order valence-corrected chi connectivity index (χ4v) is 9.55. The van der Waals surface area contributed by atoms with Gasteiger partial charge in [0.15, 0.2) is 0 Å². The Kier molecular flexibility index (Phi) is 10.3. The summed E-state index contributed by atoms with van der Waals surface area (Å²) < 4.78 is 185. The van der Waals surface area contributed by atoms with E-state index >= 15 is 0 Å². The van der Waals surface area contributed by atoms with Crippen LogP contribution in [0.4, 0.5) is 57.1 Å². The highest BCUT2D eigenvalue weighted by Crippen LogP contribution is 2.50. The molecular formula is C55H32F13N. The molecular weight excluding hydrogens is 922 g/mol. The lowest BCUT2D eigenvalue weighted by atomic mass is 9.81. The average molecular weight is 954 g/mol. The van der Waals surface area contributed by atoms with Gasteiger partial charge in [-0.05, 0) is 152 Å². The van der Waals surface area contributed by atoms with E-state index in [4.69, 9.17) is 0 Å². The van der Waals surface area contributed by atoms with Crippen LogP contribution in [0.5, 0.6) is 0 Å². The number of nitrogens with zero attached hydrogens (tertiary/aromatic N) is 1. The highest BCUT2D eigenvalue weighted by atomic mass is 19.4. The van der Waals surface area contributed by atoms with Crippen LogP contribution in [-0.2, 0) is 30.1 Å². The molecule has 348 valence electrons. The minimum absolute atomic E-state index is 0.00281. The number of fused-ring (bicyclic) bond motifs is 6. The Bertz CT molecular complexity index is 3350. The van der Waals surface area contributed by atoms with Crippen molar-refractivity contribution in [2.45, 2.75) is 44.0 Å². The monoisotopic (exact) mass is 953 g/mol. The third kappa shape index (κ3) is 7.98. The molecule has 0 aliphatic heterocycles. The maximum Gasteiger partial charge on any atom is 0.416 e. The van der Waals surface area contributed by atoms with Gasteiger partial charge in [0.05, 0.1) is 39.0 Å². The van der Waals surface area contributed by atoms with Gasteiger partial charge in [0.2, 0.25) is 0 Å². The van der Waals surface area contributed by atoms with Gasteiger partial charge >= 0.3 is 24.7 Å². The van der Waals surface area contributed by atoms with Crippen molar-refractivity contribution in [3.05, 3.63) is 197 Å². The molecule has 0 N–H and O–H groups in total. The van der Waals surface area contributed by atoms with Crippen molar-refractivity contribution < 1.29 is 57.1 Å². The molecule has 8 aromatic carbocycles. The number of halogens is 13. The summed E-state index contributed by atoms with van der Waals surface area (Å²) in [5.74, 6) is -0.337. The molecule has 0 atom stereocenters. The van der Waals surface area contributed by atoms with E-state index in [0.29, 0.717) is 46.5 Å². The zero-order valence-electron chi connectivity index (χ0n) is 35.9. The molecule has 0 amide bonds. The summed E-state index contributed by atoms with van der Waals surface area (Å²) >= 11 is 0. The number of para-hydroxylation sites is 1. The van der Waals surface area contributed by atoms with Crippen LogP contribution >= 0.6 is 0 Å². The summed E-state index contributed by atoms with van der Waals surface area (Å²) in [5, 5.41) is 0.451. The van der Waals surface area contributed by atoms with Gasteiger partial charge in [0.1, 0.15) is 5.82 Å². The molecule has 0 radical (unpaired) electrons. The van der Waals surface area contributed by atoms with E-state index in [2.05, 4.69) is 6.07 Å². The summed E-state index contributed by atoms with van der Waals surface area (Å²) in [6.45, 7) is 4.06. The molecule has 0 bridgehead atoms. The quantitative estimate of drug-likeness (QED) is 0.152. The Hall–Kier alpha value is -7.35. The second-order valence-corrected chi connectivity index (χ2v) is 17.6. The van der Waals surface area contributed by atoms with Crippen molar-refractivity contribution in [1.82, 2.24) is 4.57 Å². The van der Waals surface area contributed by atoms with Gasteiger partial charge < -0.3 is 4.57 Å². The minimum Gasteiger partial charge on any atom is -0.309 e. The van der Waals surface area contributed by atoms with E-state index in [1.54, 1.807) is 34.9 Å². The molecule has 69 heavy (non-hydrogen) atoms. The molecule has 0 spiro atoms. The summed E-state index contributed by atoms with van der Waals surface area (Å²) in [5.41, 5.74) is 0.431. The molecule has 1 aromatic heterocycles. The molecule has 0 saturated carbocycles. The van der Waals surface area contributed by atoms with Gasteiger partial charge in [0.25, 0.3) is 0 Å². The topological polar surface area (TPSA) is 4.93 Å². The Labute approximate surface area is 384 Å². The Morgan fingerprint density at radius 1 is 0.348 bits per heavy atom. The molecule has 0 fully saturated rings. The largest absolute Gasteiger partial charge is 0.416 e. The predicted molar refractivity (Wildman–Crippen MR) is 240 cm³/mol. The van der Waals surface area contributed by atoms with E-state index in [-0.39, 0.29) is 39.8 Å². The van der Waals surface area contributed by atoms with Gasteiger partial charge in [-0.1, -0.05) is 80.6 Å². The van der Waals surface area contributed by atoms with Gasteiger partial charge in [0, 0.05) is 21.8 Å². The fraction of sp³-hybridized carbons (Fsp3) is 0.127. The molecule has 0 saturated heterocycles. The van der Waals surface area contributed by atoms with Crippen molar-refractivity contribution in [3.8, 4) is 61.3 Å². The summed E-state index contributed by atoms with van der Waals surface area (Å²) in [7, 11) is 0. The number of aromatic nitrogens is 1.